The van der Waals surface area contributed by atoms with E-state index in [0.29, 0.717) is 0 Å². The lowest BCUT2D eigenvalue weighted by Crippen LogP contribution is -2.12. The second-order valence-electron chi connectivity index (χ2n) is 3.26. The molecule has 1 aromatic rings. The molecule has 1 atom stereocenters. The van der Waals surface area contributed by atoms with Gasteiger partial charge in [-0.2, -0.15) is 0 Å². The fraction of sp³-hybridized carbons (Fsp3) is 0.400. The van der Waals surface area contributed by atoms with Crippen molar-refractivity contribution in [3.05, 3.63) is 28.8 Å². The molecule has 2 nitrogen and oxygen atoms in total. The van der Waals surface area contributed by atoms with E-state index in [1.165, 1.54) is 0 Å². The van der Waals surface area contributed by atoms with Crippen molar-refractivity contribution in [2.45, 2.75) is 19.9 Å². The van der Waals surface area contributed by atoms with Gasteiger partial charge in [0, 0.05) is 0 Å². The molecule has 0 amide bonds. The molecule has 0 aliphatic carbocycles. The molecule has 1 aromatic carbocycles. The summed E-state index contributed by atoms with van der Waals surface area (Å²) in [5.74, 6) is 0.259. The van der Waals surface area contributed by atoms with Crippen LogP contribution in [0.4, 0.5) is 4.39 Å². The van der Waals surface area contributed by atoms with Crippen LogP contribution >= 0.6 is 12.4 Å². The van der Waals surface area contributed by atoms with Gasteiger partial charge in [0.15, 0.2) is 0 Å². The number of aromatic hydroxyl groups is 1. The standard InChI is InChI=1S/C10H14FNO.ClH/c1-6-3-8(9(12)5-11)4-7(2)10(6)13;/h3-4,9,13H,5,12H2,1-2H3;1H/t9-;/m1./s1. The number of alkyl halides is 1. The SMILES string of the molecule is Cc1cc([C@H](N)CF)cc(C)c1O.Cl. The number of halogens is 2. The minimum atomic E-state index is -0.585. The molecule has 0 bridgehead atoms. The van der Waals surface area contributed by atoms with Crippen LogP contribution in [0.25, 0.3) is 0 Å². The number of phenolic OH excluding ortho intramolecular Hbond substituents is 1. The highest BCUT2D eigenvalue weighted by atomic mass is 35.5. The van der Waals surface area contributed by atoms with Crippen LogP contribution < -0.4 is 5.73 Å². The number of benzene rings is 1. The van der Waals surface area contributed by atoms with Gasteiger partial charge in [-0.05, 0) is 30.5 Å². The van der Waals surface area contributed by atoms with Crippen LogP contribution in [0.1, 0.15) is 22.7 Å². The highest BCUT2D eigenvalue weighted by molar-refractivity contribution is 5.85. The first kappa shape index (κ1) is 13.2. The van der Waals surface area contributed by atoms with Crippen molar-refractivity contribution in [2.75, 3.05) is 6.67 Å². The van der Waals surface area contributed by atoms with Crippen LogP contribution in [0, 0.1) is 13.8 Å². The average molecular weight is 220 g/mol. The van der Waals surface area contributed by atoms with Crippen molar-refractivity contribution in [2.24, 2.45) is 5.73 Å². The van der Waals surface area contributed by atoms with Crippen LogP contribution in [-0.4, -0.2) is 11.8 Å². The molecule has 0 aliphatic rings. The third-order valence-electron chi connectivity index (χ3n) is 2.11. The molecule has 4 heteroatoms. The van der Waals surface area contributed by atoms with Crippen LogP contribution in [0.5, 0.6) is 5.75 Å². The Bertz CT molecular complexity index is 294. The van der Waals surface area contributed by atoms with E-state index in [0.717, 1.165) is 16.7 Å². The lowest BCUT2D eigenvalue weighted by molar-refractivity contribution is 0.435. The summed E-state index contributed by atoms with van der Waals surface area (Å²) in [7, 11) is 0. The first-order chi connectivity index (χ1) is 6.06. The monoisotopic (exact) mass is 219 g/mol. The fourth-order valence-electron chi connectivity index (χ4n) is 1.29. The van der Waals surface area contributed by atoms with E-state index in [1.54, 1.807) is 26.0 Å². The quantitative estimate of drug-likeness (QED) is 0.803. The van der Waals surface area contributed by atoms with E-state index in [-0.39, 0.29) is 18.2 Å². The van der Waals surface area contributed by atoms with E-state index in [1.807, 2.05) is 0 Å². The van der Waals surface area contributed by atoms with Gasteiger partial charge in [-0.15, -0.1) is 12.4 Å². The largest absolute Gasteiger partial charge is 0.507 e. The number of aryl methyl sites for hydroxylation is 2. The van der Waals surface area contributed by atoms with E-state index >= 15 is 0 Å². The van der Waals surface area contributed by atoms with Gasteiger partial charge in [0.25, 0.3) is 0 Å². The molecular formula is C10H15ClFNO. The van der Waals surface area contributed by atoms with Gasteiger partial charge < -0.3 is 10.8 Å². The van der Waals surface area contributed by atoms with Crippen LogP contribution in [0.2, 0.25) is 0 Å². The first-order valence-corrected chi connectivity index (χ1v) is 4.18. The number of rotatable bonds is 2. The summed E-state index contributed by atoms with van der Waals surface area (Å²) in [5.41, 5.74) is 7.73. The molecular weight excluding hydrogens is 205 g/mol. The van der Waals surface area contributed by atoms with E-state index in [2.05, 4.69) is 0 Å². The molecule has 3 N–H and O–H groups in total. The molecule has 0 saturated heterocycles. The van der Waals surface area contributed by atoms with Gasteiger partial charge >= 0.3 is 0 Å². The second-order valence-corrected chi connectivity index (χ2v) is 3.26. The Morgan fingerprint density at radius 2 is 1.79 bits per heavy atom. The van der Waals surface area contributed by atoms with Crippen molar-refractivity contribution >= 4 is 12.4 Å². The highest BCUT2D eigenvalue weighted by Gasteiger charge is 2.09. The van der Waals surface area contributed by atoms with E-state index in [9.17, 15) is 9.50 Å². The predicted molar refractivity (Wildman–Crippen MR) is 57.7 cm³/mol. The summed E-state index contributed by atoms with van der Waals surface area (Å²) >= 11 is 0. The Hall–Kier alpha value is -0.800. The molecule has 0 aromatic heterocycles. The Labute approximate surface area is 89.3 Å². The molecule has 1 rings (SSSR count). The Morgan fingerprint density at radius 3 is 2.14 bits per heavy atom. The molecule has 0 aliphatic heterocycles. The fourth-order valence-corrected chi connectivity index (χ4v) is 1.29. The minimum Gasteiger partial charge on any atom is -0.507 e. The zero-order chi connectivity index (χ0) is 10.0. The predicted octanol–water partition coefficient (Wildman–Crippen LogP) is 2.40. The van der Waals surface area contributed by atoms with Gasteiger partial charge in [-0.25, -0.2) is 4.39 Å². The Kier molecular flexibility index (Phi) is 4.88. The maximum atomic E-state index is 12.2. The maximum absolute atomic E-state index is 12.2. The zero-order valence-electron chi connectivity index (χ0n) is 8.25. The number of nitrogens with two attached hydrogens (primary N) is 1. The molecule has 0 radical (unpaired) electrons. The van der Waals surface area contributed by atoms with Crippen LogP contribution in [0.15, 0.2) is 12.1 Å². The summed E-state index contributed by atoms with van der Waals surface area (Å²) in [6, 6.07) is 2.84. The molecule has 80 valence electrons. The van der Waals surface area contributed by atoms with Gasteiger partial charge in [0.1, 0.15) is 12.4 Å². The van der Waals surface area contributed by atoms with Gasteiger partial charge in [-0.1, -0.05) is 12.1 Å². The molecule has 0 saturated carbocycles. The summed E-state index contributed by atoms with van der Waals surface area (Å²) < 4.78 is 12.2. The number of phenols is 1. The summed E-state index contributed by atoms with van der Waals surface area (Å²) in [5, 5.41) is 9.45. The Morgan fingerprint density at radius 1 is 1.36 bits per heavy atom. The molecule has 0 heterocycles. The summed E-state index contributed by atoms with van der Waals surface area (Å²) in [6.07, 6.45) is 0. The average Bonchev–Trinajstić information content (AvgIpc) is 2.12. The molecule has 0 fully saturated rings. The Balaban J connectivity index is 0.00000169. The molecule has 0 spiro atoms. The summed E-state index contributed by atoms with van der Waals surface area (Å²) in [6.45, 7) is 2.97. The van der Waals surface area contributed by atoms with Gasteiger partial charge in [0.2, 0.25) is 0 Å². The summed E-state index contributed by atoms with van der Waals surface area (Å²) in [4.78, 5) is 0. The van der Waals surface area contributed by atoms with Crippen molar-refractivity contribution < 1.29 is 9.50 Å². The van der Waals surface area contributed by atoms with E-state index in [4.69, 9.17) is 5.73 Å². The topological polar surface area (TPSA) is 46.2 Å². The lowest BCUT2D eigenvalue weighted by Gasteiger charge is -2.11. The van der Waals surface area contributed by atoms with Crippen LogP contribution in [-0.2, 0) is 0 Å². The van der Waals surface area contributed by atoms with Gasteiger partial charge in [0.05, 0.1) is 6.04 Å². The lowest BCUT2D eigenvalue weighted by atomic mass is 10.0. The van der Waals surface area contributed by atoms with Gasteiger partial charge in [-0.3, -0.25) is 0 Å². The third-order valence-corrected chi connectivity index (χ3v) is 2.11. The minimum absolute atomic E-state index is 0. The van der Waals surface area contributed by atoms with E-state index < -0.39 is 12.7 Å². The maximum Gasteiger partial charge on any atom is 0.121 e. The normalized spacial score (nSPS) is 12.0. The first-order valence-electron chi connectivity index (χ1n) is 4.18. The second kappa shape index (κ2) is 5.17. The molecule has 0 unspecified atom stereocenters. The molecule has 14 heavy (non-hydrogen) atoms. The van der Waals surface area contributed by atoms with Crippen molar-refractivity contribution in [1.82, 2.24) is 0 Å². The number of hydrogen-bond acceptors (Lipinski definition) is 2. The van der Waals surface area contributed by atoms with Crippen molar-refractivity contribution in [3.63, 3.8) is 0 Å². The zero-order valence-corrected chi connectivity index (χ0v) is 9.07. The van der Waals surface area contributed by atoms with Crippen molar-refractivity contribution in [3.8, 4) is 5.75 Å². The van der Waals surface area contributed by atoms with Crippen LogP contribution in [0.3, 0.4) is 0 Å². The number of hydrogen-bond donors (Lipinski definition) is 2. The van der Waals surface area contributed by atoms with Crippen molar-refractivity contribution in [1.29, 1.82) is 0 Å². The smallest absolute Gasteiger partial charge is 0.121 e. The third kappa shape index (κ3) is 2.59. The highest BCUT2D eigenvalue weighted by Crippen LogP contribution is 2.25.